The van der Waals surface area contributed by atoms with Gasteiger partial charge in [-0.2, -0.15) is 0 Å². The number of hydrogen-bond donors (Lipinski definition) is 1. The largest absolute Gasteiger partial charge is 0.395 e. The van der Waals surface area contributed by atoms with Crippen LogP contribution in [0.2, 0.25) is 0 Å². The molecule has 1 aromatic heterocycles. The third kappa shape index (κ3) is 2.75. The standard InChI is InChI=1S/C14H21NO2S/c1-10-9-13(18-11(10)2)14(17)15(7-8-16)12-5-3-4-6-12/h9,12,16H,3-8H2,1-2H3. The average Bonchev–Trinajstić information content (AvgIpc) is 2.97. The molecular formula is C14H21NO2S. The fourth-order valence-electron chi connectivity index (χ4n) is 2.59. The molecule has 3 nitrogen and oxygen atoms in total. The van der Waals surface area contributed by atoms with Gasteiger partial charge in [-0.3, -0.25) is 4.79 Å². The van der Waals surface area contributed by atoms with Gasteiger partial charge in [0.05, 0.1) is 11.5 Å². The van der Waals surface area contributed by atoms with Gasteiger partial charge in [0.15, 0.2) is 0 Å². The molecule has 0 saturated heterocycles. The molecule has 1 amide bonds. The Kier molecular flexibility index (Phi) is 4.40. The molecule has 0 aromatic carbocycles. The van der Waals surface area contributed by atoms with Crippen LogP contribution in [0.1, 0.15) is 45.8 Å². The van der Waals surface area contributed by atoms with Crippen LogP contribution in [0, 0.1) is 13.8 Å². The van der Waals surface area contributed by atoms with E-state index in [1.54, 1.807) is 11.3 Å². The van der Waals surface area contributed by atoms with Gasteiger partial charge in [-0.1, -0.05) is 12.8 Å². The van der Waals surface area contributed by atoms with Crippen molar-refractivity contribution < 1.29 is 9.90 Å². The summed E-state index contributed by atoms with van der Waals surface area (Å²) in [5.74, 6) is 0.0946. The van der Waals surface area contributed by atoms with Crippen LogP contribution >= 0.6 is 11.3 Å². The summed E-state index contributed by atoms with van der Waals surface area (Å²) in [7, 11) is 0. The van der Waals surface area contributed by atoms with E-state index >= 15 is 0 Å². The van der Waals surface area contributed by atoms with E-state index in [1.807, 2.05) is 24.8 Å². The molecule has 0 unspecified atom stereocenters. The minimum atomic E-state index is 0.0472. The van der Waals surface area contributed by atoms with Crippen LogP contribution < -0.4 is 0 Å². The molecule has 1 N–H and O–H groups in total. The molecule has 0 spiro atoms. The highest BCUT2D eigenvalue weighted by Gasteiger charge is 2.27. The van der Waals surface area contributed by atoms with Crippen LogP contribution in [0.5, 0.6) is 0 Å². The first-order chi connectivity index (χ1) is 8.63. The molecule has 1 aliphatic rings. The van der Waals surface area contributed by atoms with Crippen molar-refractivity contribution in [3.8, 4) is 0 Å². The predicted molar refractivity (Wildman–Crippen MR) is 74.2 cm³/mol. The smallest absolute Gasteiger partial charge is 0.264 e. The molecule has 2 rings (SSSR count). The summed E-state index contributed by atoms with van der Waals surface area (Å²) in [6.45, 7) is 4.59. The van der Waals surface area contributed by atoms with Gasteiger partial charge >= 0.3 is 0 Å². The third-order valence-electron chi connectivity index (χ3n) is 3.74. The van der Waals surface area contributed by atoms with Gasteiger partial charge in [0.1, 0.15) is 0 Å². The molecule has 1 fully saturated rings. The highest BCUT2D eigenvalue weighted by molar-refractivity contribution is 7.14. The van der Waals surface area contributed by atoms with Crippen molar-refractivity contribution in [2.24, 2.45) is 0 Å². The number of carbonyl (C=O) groups excluding carboxylic acids is 1. The van der Waals surface area contributed by atoms with Gasteiger partial charge in [-0.25, -0.2) is 0 Å². The summed E-state index contributed by atoms with van der Waals surface area (Å²) in [6, 6.07) is 2.30. The Labute approximate surface area is 112 Å². The fourth-order valence-corrected chi connectivity index (χ4v) is 3.58. The van der Waals surface area contributed by atoms with Gasteiger partial charge in [-0.05, 0) is 38.3 Å². The monoisotopic (exact) mass is 267 g/mol. The van der Waals surface area contributed by atoms with Gasteiger partial charge < -0.3 is 10.0 Å². The van der Waals surface area contributed by atoms with Crippen molar-refractivity contribution in [1.82, 2.24) is 4.90 Å². The summed E-state index contributed by atoms with van der Waals surface area (Å²) in [5, 5.41) is 9.16. The maximum atomic E-state index is 12.5. The van der Waals surface area contributed by atoms with Crippen LogP contribution in [0.15, 0.2) is 6.07 Å². The Morgan fingerprint density at radius 2 is 2.11 bits per heavy atom. The van der Waals surface area contributed by atoms with Crippen molar-refractivity contribution in [2.75, 3.05) is 13.2 Å². The van der Waals surface area contributed by atoms with E-state index in [0.717, 1.165) is 17.7 Å². The number of aryl methyl sites for hydroxylation is 2. The summed E-state index contributed by atoms with van der Waals surface area (Å²) in [5.41, 5.74) is 1.18. The van der Waals surface area contributed by atoms with Crippen molar-refractivity contribution in [1.29, 1.82) is 0 Å². The maximum Gasteiger partial charge on any atom is 0.264 e. The average molecular weight is 267 g/mol. The van der Waals surface area contributed by atoms with E-state index < -0.39 is 0 Å². The minimum Gasteiger partial charge on any atom is -0.395 e. The van der Waals surface area contributed by atoms with Gasteiger partial charge in [0, 0.05) is 17.5 Å². The number of hydrogen-bond acceptors (Lipinski definition) is 3. The summed E-state index contributed by atoms with van der Waals surface area (Å²) < 4.78 is 0. The molecule has 1 saturated carbocycles. The number of amides is 1. The van der Waals surface area contributed by atoms with Gasteiger partial charge in [-0.15, -0.1) is 11.3 Å². The fraction of sp³-hybridized carbons (Fsp3) is 0.643. The Hall–Kier alpha value is -0.870. The lowest BCUT2D eigenvalue weighted by Gasteiger charge is -2.27. The zero-order valence-electron chi connectivity index (χ0n) is 11.1. The Balaban J connectivity index is 2.16. The molecule has 1 heterocycles. The van der Waals surface area contributed by atoms with Crippen molar-refractivity contribution in [2.45, 2.75) is 45.6 Å². The first kappa shape index (κ1) is 13.6. The number of thiophene rings is 1. The molecule has 0 atom stereocenters. The molecule has 0 bridgehead atoms. The maximum absolute atomic E-state index is 12.5. The first-order valence-electron chi connectivity index (χ1n) is 6.62. The van der Waals surface area contributed by atoms with Crippen LogP contribution in [-0.4, -0.2) is 35.1 Å². The van der Waals surface area contributed by atoms with E-state index in [4.69, 9.17) is 5.11 Å². The Morgan fingerprint density at radius 3 is 2.61 bits per heavy atom. The van der Waals surface area contributed by atoms with Crippen LogP contribution in [0.25, 0.3) is 0 Å². The second-order valence-corrected chi connectivity index (χ2v) is 6.27. The SMILES string of the molecule is Cc1cc(C(=O)N(CCO)C2CCCC2)sc1C. The zero-order valence-corrected chi connectivity index (χ0v) is 11.9. The molecule has 1 aromatic rings. The normalized spacial score (nSPS) is 16.2. The molecule has 0 aliphatic heterocycles. The van der Waals surface area contributed by atoms with E-state index in [0.29, 0.717) is 12.6 Å². The van der Waals surface area contributed by atoms with Crippen molar-refractivity contribution in [3.63, 3.8) is 0 Å². The van der Waals surface area contributed by atoms with Crippen molar-refractivity contribution in [3.05, 3.63) is 21.4 Å². The number of nitrogens with zero attached hydrogens (tertiary/aromatic N) is 1. The van der Waals surface area contributed by atoms with E-state index in [2.05, 4.69) is 0 Å². The number of aliphatic hydroxyl groups excluding tert-OH is 1. The first-order valence-corrected chi connectivity index (χ1v) is 7.44. The molecule has 100 valence electrons. The topological polar surface area (TPSA) is 40.5 Å². The van der Waals surface area contributed by atoms with Gasteiger partial charge in [0.2, 0.25) is 0 Å². The minimum absolute atomic E-state index is 0.0472. The summed E-state index contributed by atoms with van der Waals surface area (Å²) >= 11 is 1.56. The molecule has 1 aliphatic carbocycles. The number of aliphatic hydroxyl groups is 1. The summed E-state index contributed by atoms with van der Waals surface area (Å²) in [6.07, 6.45) is 4.55. The second-order valence-electron chi connectivity index (χ2n) is 5.01. The molecule has 4 heteroatoms. The highest BCUT2D eigenvalue weighted by Crippen LogP contribution is 2.27. The molecular weight excluding hydrogens is 246 g/mol. The van der Waals surface area contributed by atoms with Crippen molar-refractivity contribution >= 4 is 17.2 Å². The van der Waals surface area contributed by atoms with Gasteiger partial charge in [0.25, 0.3) is 5.91 Å². The van der Waals surface area contributed by atoms with E-state index in [1.165, 1.54) is 23.3 Å². The lowest BCUT2D eigenvalue weighted by atomic mass is 10.2. The Morgan fingerprint density at radius 1 is 1.44 bits per heavy atom. The van der Waals surface area contributed by atoms with Crippen LogP contribution in [0.3, 0.4) is 0 Å². The Bertz CT molecular complexity index is 402. The van der Waals surface area contributed by atoms with Crippen LogP contribution in [-0.2, 0) is 0 Å². The number of carbonyl (C=O) groups is 1. The van der Waals surface area contributed by atoms with E-state index in [9.17, 15) is 4.79 Å². The zero-order chi connectivity index (χ0) is 13.1. The third-order valence-corrected chi connectivity index (χ3v) is 4.88. The number of rotatable bonds is 4. The van der Waals surface area contributed by atoms with Crippen LogP contribution in [0.4, 0.5) is 0 Å². The molecule has 0 radical (unpaired) electrons. The second kappa shape index (κ2) is 5.85. The lowest BCUT2D eigenvalue weighted by molar-refractivity contribution is 0.0643. The van der Waals surface area contributed by atoms with E-state index in [-0.39, 0.29) is 12.5 Å². The summed E-state index contributed by atoms with van der Waals surface area (Å²) in [4.78, 5) is 16.4. The lowest BCUT2D eigenvalue weighted by Crippen LogP contribution is -2.40. The molecule has 18 heavy (non-hydrogen) atoms. The quantitative estimate of drug-likeness (QED) is 0.911. The predicted octanol–water partition coefficient (Wildman–Crippen LogP) is 2.74. The highest BCUT2D eigenvalue weighted by atomic mass is 32.1.